The lowest BCUT2D eigenvalue weighted by atomic mass is 9.45. The van der Waals surface area contributed by atoms with E-state index in [1.54, 1.807) is 36.4 Å². The van der Waals surface area contributed by atoms with Gasteiger partial charge in [-0.05, 0) is 24.3 Å². The number of para-hydroxylation sites is 2. The molecule has 186 valence electrons. The Kier molecular flexibility index (Phi) is 5.31. The molecule has 36 heavy (non-hydrogen) atoms. The molecule has 1 saturated carbocycles. The van der Waals surface area contributed by atoms with Crippen LogP contribution in [-0.4, -0.2) is 74.3 Å². The number of ketones is 2. The van der Waals surface area contributed by atoms with Crippen molar-refractivity contribution in [3.63, 3.8) is 0 Å². The van der Waals surface area contributed by atoms with Crippen molar-refractivity contribution in [3.05, 3.63) is 59.7 Å². The monoisotopic (exact) mass is 494 g/mol. The number of ether oxygens (including phenoxy) is 6. The van der Waals surface area contributed by atoms with Crippen LogP contribution in [0.3, 0.4) is 0 Å². The number of Topliss-reactive ketones (excluding diaryl/α,β-unsaturated/α-hetero) is 2. The number of carbonyl (C=O) groups is 4. The second kappa shape index (κ2) is 8.42. The lowest BCUT2D eigenvalue weighted by molar-refractivity contribution is -0.262. The van der Waals surface area contributed by atoms with E-state index in [2.05, 4.69) is 0 Å². The first kappa shape index (κ1) is 22.7. The van der Waals surface area contributed by atoms with Crippen LogP contribution in [-0.2, 0) is 28.5 Å². The summed E-state index contributed by atoms with van der Waals surface area (Å²) in [6.45, 7) is 0.275. The van der Waals surface area contributed by atoms with Crippen molar-refractivity contribution in [3.8, 4) is 11.5 Å². The molecule has 0 bridgehead atoms. The summed E-state index contributed by atoms with van der Waals surface area (Å²) in [6.07, 6.45) is 0. The summed E-state index contributed by atoms with van der Waals surface area (Å²) in [5.41, 5.74) is -4.17. The molecule has 2 aromatic carbocycles. The molecular weight excluding hydrogens is 472 g/mol. The predicted octanol–water partition coefficient (Wildman–Crippen LogP) is 1.39. The Hall–Kier alpha value is -3.76. The molecule has 10 heteroatoms. The minimum absolute atomic E-state index is 0.0594. The van der Waals surface area contributed by atoms with Gasteiger partial charge < -0.3 is 28.4 Å². The Morgan fingerprint density at radius 1 is 0.556 bits per heavy atom. The molecule has 10 nitrogen and oxygen atoms in total. The molecule has 4 unspecified atom stereocenters. The Morgan fingerprint density at radius 3 is 1.39 bits per heavy atom. The van der Waals surface area contributed by atoms with E-state index < -0.39 is 46.5 Å². The third-order valence-electron chi connectivity index (χ3n) is 7.07. The SMILES string of the molecule is O=C1c2ccccc2OC23C(=O)OCCOCCOCCOC(=O)C24Oc2ccccc2C(=O)C4C13. The maximum absolute atomic E-state index is 13.8. The van der Waals surface area contributed by atoms with Gasteiger partial charge in [0.05, 0.1) is 49.4 Å². The number of hydrogen-bond acceptors (Lipinski definition) is 10. The van der Waals surface area contributed by atoms with Crippen LogP contribution in [0.1, 0.15) is 20.7 Å². The molecule has 2 spiro atoms. The molecule has 0 amide bonds. The normalized spacial score (nSPS) is 31.8. The van der Waals surface area contributed by atoms with Gasteiger partial charge in [-0.1, -0.05) is 24.3 Å². The van der Waals surface area contributed by atoms with Gasteiger partial charge in [0.2, 0.25) is 0 Å². The Labute approximate surface area is 205 Å². The molecule has 3 aliphatic heterocycles. The third kappa shape index (κ3) is 2.91. The topological polar surface area (TPSA) is 124 Å². The molecule has 0 aromatic heterocycles. The van der Waals surface area contributed by atoms with E-state index in [1.165, 1.54) is 12.1 Å². The van der Waals surface area contributed by atoms with E-state index in [1.807, 2.05) is 0 Å². The second-order valence-corrected chi connectivity index (χ2v) is 8.85. The quantitative estimate of drug-likeness (QED) is 0.497. The van der Waals surface area contributed by atoms with Crippen LogP contribution in [0.15, 0.2) is 48.5 Å². The Morgan fingerprint density at radius 2 is 0.944 bits per heavy atom. The van der Waals surface area contributed by atoms with Gasteiger partial charge in [0, 0.05) is 0 Å². The first-order chi connectivity index (χ1) is 17.5. The summed E-state index contributed by atoms with van der Waals surface area (Å²) in [6, 6.07) is 12.7. The highest BCUT2D eigenvalue weighted by Crippen LogP contribution is 2.64. The van der Waals surface area contributed by atoms with E-state index in [0.29, 0.717) is 0 Å². The average molecular weight is 494 g/mol. The summed E-state index contributed by atoms with van der Waals surface area (Å²) in [5, 5.41) is 0. The highest BCUT2D eigenvalue weighted by Gasteiger charge is 2.90. The van der Waals surface area contributed by atoms with Crippen molar-refractivity contribution in [2.75, 3.05) is 39.6 Å². The number of fused-ring (bicyclic) bond motifs is 3. The van der Waals surface area contributed by atoms with Gasteiger partial charge in [-0.15, -0.1) is 0 Å². The lowest BCUT2D eigenvalue weighted by Gasteiger charge is -2.64. The van der Waals surface area contributed by atoms with Crippen LogP contribution in [0.25, 0.3) is 0 Å². The van der Waals surface area contributed by atoms with Crippen molar-refractivity contribution in [2.24, 2.45) is 11.8 Å². The van der Waals surface area contributed by atoms with Crippen LogP contribution in [0.5, 0.6) is 11.5 Å². The molecule has 0 N–H and O–H groups in total. The Bertz CT molecular complexity index is 1170. The largest absolute Gasteiger partial charge is 0.469 e. The fourth-order valence-electron chi connectivity index (χ4n) is 5.55. The fraction of sp³-hybridized carbons (Fsp3) is 0.385. The number of esters is 2. The van der Waals surface area contributed by atoms with Gasteiger partial charge in [0.1, 0.15) is 24.7 Å². The summed E-state index contributed by atoms with van der Waals surface area (Å²) < 4.78 is 34.2. The maximum atomic E-state index is 13.8. The molecular formula is C26H22O10. The van der Waals surface area contributed by atoms with Gasteiger partial charge >= 0.3 is 11.9 Å². The zero-order chi connectivity index (χ0) is 24.9. The molecule has 2 fully saturated rings. The summed E-state index contributed by atoms with van der Waals surface area (Å²) in [4.78, 5) is 55.1. The highest BCUT2D eigenvalue weighted by atomic mass is 16.6. The minimum atomic E-state index is -2.28. The molecule has 3 heterocycles. The van der Waals surface area contributed by atoms with E-state index in [9.17, 15) is 19.2 Å². The number of cyclic esters (lactones) is 2. The third-order valence-corrected chi connectivity index (χ3v) is 7.07. The van der Waals surface area contributed by atoms with Gasteiger partial charge in [-0.2, -0.15) is 0 Å². The van der Waals surface area contributed by atoms with E-state index in [0.717, 1.165) is 0 Å². The molecule has 1 aliphatic carbocycles. The molecule has 2 aromatic rings. The van der Waals surface area contributed by atoms with Crippen molar-refractivity contribution in [2.45, 2.75) is 11.2 Å². The number of hydrogen-bond donors (Lipinski definition) is 0. The molecule has 4 atom stereocenters. The zero-order valence-corrected chi connectivity index (χ0v) is 19.1. The summed E-state index contributed by atoms with van der Waals surface area (Å²) in [5.74, 6) is -5.61. The van der Waals surface area contributed by atoms with Crippen LogP contribution in [0, 0.1) is 11.8 Å². The number of carbonyl (C=O) groups excluding carboxylic acids is 4. The zero-order valence-electron chi connectivity index (χ0n) is 19.1. The molecule has 6 rings (SSSR count). The van der Waals surface area contributed by atoms with Crippen LogP contribution < -0.4 is 9.47 Å². The van der Waals surface area contributed by atoms with E-state index in [4.69, 9.17) is 28.4 Å². The van der Waals surface area contributed by atoms with Crippen LogP contribution in [0.4, 0.5) is 0 Å². The van der Waals surface area contributed by atoms with Gasteiger partial charge in [0.25, 0.3) is 11.2 Å². The standard InChI is InChI=1S/C26H22O10/c27-21-15-5-1-3-7-17(15)35-25-19(21)20-22(28)16-6-2-4-8-18(16)36-26(20,25)24(30)34-14-12-32-10-9-31-11-13-33-23(25)29/h1-8,19-20H,9-14H2. The number of benzene rings is 2. The maximum Gasteiger partial charge on any atom is 0.356 e. The van der Waals surface area contributed by atoms with Gasteiger partial charge in [-0.3, -0.25) is 9.59 Å². The highest BCUT2D eigenvalue weighted by molar-refractivity contribution is 6.19. The van der Waals surface area contributed by atoms with Crippen molar-refractivity contribution in [1.29, 1.82) is 0 Å². The lowest BCUT2D eigenvalue weighted by Crippen LogP contribution is -2.90. The molecule has 1 saturated heterocycles. The smallest absolute Gasteiger partial charge is 0.356 e. The van der Waals surface area contributed by atoms with E-state index >= 15 is 0 Å². The molecule has 4 aliphatic rings. The summed E-state index contributed by atoms with van der Waals surface area (Å²) >= 11 is 0. The van der Waals surface area contributed by atoms with Gasteiger partial charge in [-0.25, -0.2) is 9.59 Å². The molecule has 0 radical (unpaired) electrons. The van der Waals surface area contributed by atoms with Gasteiger partial charge in [0.15, 0.2) is 11.6 Å². The first-order valence-electron chi connectivity index (χ1n) is 11.7. The van der Waals surface area contributed by atoms with Crippen molar-refractivity contribution < 1.29 is 47.6 Å². The van der Waals surface area contributed by atoms with Crippen LogP contribution in [0.2, 0.25) is 0 Å². The van der Waals surface area contributed by atoms with E-state index in [-0.39, 0.29) is 62.3 Å². The predicted molar refractivity (Wildman–Crippen MR) is 119 cm³/mol. The first-order valence-corrected chi connectivity index (χ1v) is 11.7. The Balaban J connectivity index is 1.55. The minimum Gasteiger partial charge on any atom is -0.469 e. The fourth-order valence-corrected chi connectivity index (χ4v) is 5.55. The van der Waals surface area contributed by atoms with Crippen molar-refractivity contribution >= 4 is 23.5 Å². The summed E-state index contributed by atoms with van der Waals surface area (Å²) in [7, 11) is 0. The average Bonchev–Trinajstić information content (AvgIpc) is 2.88. The van der Waals surface area contributed by atoms with Crippen LogP contribution >= 0.6 is 0 Å². The second-order valence-electron chi connectivity index (χ2n) is 8.85. The number of rotatable bonds is 0. The van der Waals surface area contributed by atoms with Crippen molar-refractivity contribution in [1.82, 2.24) is 0 Å².